The van der Waals surface area contributed by atoms with Gasteiger partial charge in [-0.05, 0) is 17.7 Å². The smallest absolute Gasteiger partial charge is 0.378 e. The lowest BCUT2D eigenvalue weighted by molar-refractivity contribution is -0.0448. The van der Waals surface area contributed by atoms with E-state index in [9.17, 15) is 21.6 Å². The van der Waals surface area contributed by atoms with Crippen LogP contribution in [0.3, 0.4) is 0 Å². The molecule has 0 heterocycles. The molecule has 0 spiro atoms. The molecular formula is C10H13F3N2O2S. The average Bonchev–Trinajstić information content (AvgIpc) is 2.25. The Morgan fingerprint density at radius 1 is 1.17 bits per heavy atom. The predicted octanol–water partition coefficient (Wildman–Crippen LogP) is 1.69. The third-order valence-electron chi connectivity index (χ3n) is 2.22. The normalized spacial score (nSPS) is 12.5. The highest BCUT2D eigenvalue weighted by atomic mass is 32.2. The van der Waals surface area contributed by atoms with Crippen LogP contribution >= 0.6 is 0 Å². The topological polar surface area (TPSA) is 49.4 Å². The lowest BCUT2D eigenvalue weighted by Gasteiger charge is -2.13. The van der Waals surface area contributed by atoms with Crippen LogP contribution in [0, 0.1) is 0 Å². The summed E-state index contributed by atoms with van der Waals surface area (Å²) in [5, 5.41) is 0. The highest BCUT2D eigenvalue weighted by Crippen LogP contribution is 2.22. The summed E-state index contributed by atoms with van der Waals surface area (Å²) in [6.07, 6.45) is 0. The summed E-state index contributed by atoms with van der Waals surface area (Å²) in [5.74, 6) is 0. The van der Waals surface area contributed by atoms with Crippen molar-refractivity contribution in [1.29, 1.82) is 0 Å². The van der Waals surface area contributed by atoms with Crippen molar-refractivity contribution in [3.05, 3.63) is 29.8 Å². The number of alkyl halides is 3. The third kappa shape index (κ3) is 3.61. The molecule has 0 bridgehead atoms. The fraction of sp³-hybridized carbons (Fsp3) is 0.400. The molecule has 102 valence electrons. The Morgan fingerprint density at radius 3 is 2.06 bits per heavy atom. The average molecular weight is 282 g/mol. The Hall–Kier alpha value is -1.28. The molecule has 0 unspecified atom stereocenters. The van der Waals surface area contributed by atoms with Crippen LogP contribution < -0.4 is 9.62 Å². The van der Waals surface area contributed by atoms with E-state index in [-0.39, 0.29) is 0 Å². The minimum atomic E-state index is -5.28. The minimum absolute atomic E-state index is 0.393. The summed E-state index contributed by atoms with van der Waals surface area (Å²) in [4.78, 5) is 1.82. The van der Waals surface area contributed by atoms with E-state index in [4.69, 9.17) is 0 Å². The summed E-state index contributed by atoms with van der Waals surface area (Å²) >= 11 is 0. The fourth-order valence-corrected chi connectivity index (χ4v) is 1.69. The van der Waals surface area contributed by atoms with Crippen LogP contribution in [0.25, 0.3) is 0 Å². The van der Waals surface area contributed by atoms with Gasteiger partial charge in [-0.1, -0.05) is 12.1 Å². The molecule has 4 nitrogen and oxygen atoms in total. The number of sulfonamides is 1. The molecule has 0 aliphatic carbocycles. The van der Waals surface area contributed by atoms with Gasteiger partial charge in [0, 0.05) is 26.3 Å². The maximum absolute atomic E-state index is 12.0. The number of benzene rings is 1. The molecular weight excluding hydrogens is 269 g/mol. The van der Waals surface area contributed by atoms with Gasteiger partial charge < -0.3 is 4.90 Å². The van der Waals surface area contributed by atoms with Gasteiger partial charge in [-0.3, -0.25) is 0 Å². The second-order valence-electron chi connectivity index (χ2n) is 3.83. The maximum atomic E-state index is 12.0. The van der Waals surface area contributed by atoms with E-state index in [1.807, 2.05) is 19.0 Å². The molecule has 0 radical (unpaired) electrons. The summed E-state index contributed by atoms with van der Waals surface area (Å²) in [6.45, 7) is -0.393. The summed E-state index contributed by atoms with van der Waals surface area (Å²) < 4.78 is 59.2. The molecule has 0 saturated carbocycles. The van der Waals surface area contributed by atoms with Crippen molar-refractivity contribution in [2.24, 2.45) is 0 Å². The zero-order valence-electron chi connectivity index (χ0n) is 9.82. The zero-order chi connectivity index (χ0) is 14.0. The highest BCUT2D eigenvalue weighted by molar-refractivity contribution is 7.90. The van der Waals surface area contributed by atoms with Crippen molar-refractivity contribution in [3.63, 3.8) is 0 Å². The molecule has 0 aliphatic rings. The van der Waals surface area contributed by atoms with Crippen LogP contribution in [0.15, 0.2) is 24.3 Å². The number of hydrogen-bond acceptors (Lipinski definition) is 3. The number of rotatable bonds is 4. The predicted molar refractivity (Wildman–Crippen MR) is 62.6 cm³/mol. The van der Waals surface area contributed by atoms with E-state index >= 15 is 0 Å². The Labute approximate surface area is 103 Å². The number of nitrogens with zero attached hydrogens (tertiary/aromatic N) is 1. The Kier molecular flexibility index (Phi) is 4.23. The van der Waals surface area contributed by atoms with Gasteiger partial charge in [0.2, 0.25) is 0 Å². The first-order valence-electron chi connectivity index (χ1n) is 4.96. The van der Waals surface area contributed by atoms with Crippen LogP contribution in [-0.4, -0.2) is 28.0 Å². The summed E-state index contributed by atoms with van der Waals surface area (Å²) in [7, 11) is -1.64. The summed E-state index contributed by atoms with van der Waals surface area (Å²) in [5.41, 5.74) is -3.96. The molecule has 0 amide bonds. The standard InChI is InChI=1S/C10H13F3N2O2S/c1-15(2)9-5-3-8(4-6-9)7-14-18(16,17)10(11,12)13/h3-6,14H,7H2,1-2H3. The van der Waals surface area contributed by atoms with E-state index in [1.165, 1.54) is 4.72 Å². The number of nitrogens with one attached hydrogen (secondary N) is 1. The molecule has 0 fully saturated rings. The van der Waals surface area contributed by atoms with Crippen molar-refractivity contribution >= 4 is 15.7 Å². The molecule has 1 aromatic rings. The maximum Gasteiger partial charge on any atom is 0.511 e. The van der Waals surface area contributed by atoms with E-state index < -0.39 is 22.1 Å². The van der Waals surface area contributed by atoms with Gasteiger partial charge in [-0.2, -0.15) is 13.2 Å². The van der Waals surface area contributed by atoms with Crippen LogP contribution in [0.4, 0.5) is 18.9 Å². The number of anilines is 1. The Bertz CT molecular complexity index is 495. The van der Waals surface area contributed by atoms with Crippen molar-refractivity contribution in [3.8, 4) is 0 Å². The highest BCUT2D eigenvalue weighted by Gasteiger charge is 2.45. The lowest BCUT2D eigenvalue weighted by atomic mass is 10.2. The lowest BCUT2D eigenvalue weighted by Crippen LogP contribution is -2.35. The van der Waals surface area contributed by atoms with E-state index in [1.54, 1.807) is 24.3 Å². The molecule has 1 N–H and O–H groups in total. The SMILES string of the molecule is CN(C)c1ccc(CNS(=O)(=O)C(F)(F)F)cc1. The zero-order valence-corrected chi connectivity index (χ0v) is 10.6. The molecule has 8 heteroatoms. The number of hydrogen-bond donors (Lipinski definition) is 1. The molecule has 0 saturated heterocycles. The Balaban J connectivity index is 2.71. The first-order chi connectivity index (χ1) is 8.13. The van der Waals surface area contributed by atoms with Crippen molar-refractivity contribution in [2.75, 3.05) is 19.0 Å². The second kappa shape index (κ2) is 5.15. The van der Waals surface area contributed by atoms with E-state index in [0.717, 1.165) is 5.69 Å². The first-order valence-corrected chi connectivity index (χ1v) is 6.44. The van der Waals surface area contributed by atoms with Crippen LogP contribution in [0.2, 0.25) is 0 Å². The monoisotopic (exact) mass is 282 g/mol. The van der Waals surface area contributed by atoms with Crippen molar-refractivity contribution in [1.82, 2.24) is 4.72 Å². The van der Waals surface area contributed by atoms with Crippen molar-refractivity contribution in [2.45, 2.75) is 12.1 Å². The number of halogens is 3. The van der Waals surface area contributed by atoms with Crippen LogP contribution in [0.5, 0.6) is 0 Å². The van der Waals surface area contributed by atoms with Crippen molar-refractivity contribution < 1.29 is 21.6 Å². The molecule has 18 heavy (non-hydrogen) atoms. The van der Waals surface area contributed by atoms with Crippen LogP contribution in [-0.2, 0) is 16.6 Å². The second-order valence-corrected chi connectivity index (χ2v) is 5.59. The largest absolute Gasteiger partial charge is 0.511 e. The van der Waals surface area contributed by atoms with Gasteiger partial charge in [0.1, 0.15) is 0 Å². The van der Waals surface area contributed by atoms with Gasteiger partial charge >= 0.3 is 15.5 Å². The van der Waals surface area contributed by atoms with Gasteiger partial charge in [0.05, 0.1) is 0 Å². The Morgan fingerprint density at radius 2 is 1.67 bits per heavy atom. The van der Waals surface area contributed by atoms with Gasteiger partial charge in [-0.15, -0.1) is 0 Å². The molecule has 0 atom stereocenters. The quantitative estimate of drug-likeness (QED) is 0.914. The molecule has 0 aromatic heterocycles. The first kappa shape index (κ1) is 14.8. The minimum Gasteiger partial charge on any atom is -0.378 e. The van der Waals surface area contributed by atoms with E-state index in [0.29, 0.717) is 5.56 Å². The fourth-order valence-electron chi connectivity index (χ4n) is 1.17. The van der Waals surface area contributed by atoms with Gasteiger partial charge in [-0.25, -0.2) is 13.1 Å². The molecule has 1 aromatic carbocycles. The third-order valence-corrected chi connectivity index (χ3v) is 3.36. The van der Waals surface area contributed by atoms with Crippen LogP contribution in [0.1, 0.15) is 5.56 Å². The molecule has 0 aliphatic heterocycles. The van der Waals surface area contributed by atoms with E-state index in [2.05, 4.69) is 0 Å². The van der Waals surface area contributed by atoms with Gasteiger partial charge in [0.25, 0.3) is 0 Å². The summed E-state index contributed by atoms with van der Waals surface area (Å²) in [6, 6.07) is 6.51. The van der Waals surface area contributed by atoms with Gasteiger partial charge in [0.15, 0.2) is 0 Å². The molecule has 1 rings (SSSR count).